The maximum absolute atomic E-state index is 12.5. The molecular weight excluding hydrogens is 432 g/mol. The largest absolute Gasteiger partial charge is 0.489 e. The number of aromatic nitrogens is 1. The van der Waals surface area contributed by atoms with E-state index in [4.69, 9.17) is 4.74 Å². The average molecular weight is 455 g/mol. The predicted octanol–water partition coefficient (Wildman–Crippen LogP) is 2.46. The first-order chi connectivity index (χ1) is 15.1. The summed E-state index contributed by atoms with van der Waals surface area (Å²) < 4.78 is 33.3. The fraction of sp³-hybridized carbons (Fsp3) is 0.227. The van der Waals surface area contributed by atoms with E-state index in [0.29, 0.717) is 18.0 Å². The third-order valence-corrected chi connectivity index (χ3v) is 6.55. The van der Waals surface area contributed by atoms with E-state index in [2.05, 4.69) is 15.0 Å². The van der Waals surface area contributed by atoms with Gasteiger partial charge in [0.1, 0.15) is 23.6 Å². The molecule has 3 N–H and O–H groups in total. The SMILES string of the molecule is Cc1cc(COc2ccc(NS(=O)(=O)CC3(C)NC(=O)NC3=O)cc2)c2ccccc2n1. The molecule has 0 bridgehead atoms. The van der Waals surface area contributed by atoms with E-state index in [9.17, 15) is 18.0 Å². The van der Waals surface area contributed by atoms with Crippen molar-refractivity contribution in [2.75, 3.05) is 10.5 Å². The standard InChI is InChI=1S/C22H22N4O5S/c1-14-11-15(18-5-3-4-6-19(18)23-14)12-31-17-9-7-16(8-10-17)26-32(29,30)13-22(2)20(27)24-21(28)25-22/h3-11,26H,12-13H2,1-2H3,(H2,24,25,27,28). The van der Waals surface area contributed by atoms with Crippen LogP contribution in [-0.2, 0) is 21.4 Å². The van der Waals surface area contributed by atoms with Gasteiger partial charge in [-0.15, -0.1) is 0 Å². The molecule has 166 valence electrons. The molecule has 1 saturated heterocycles. The van der Waals surface area contributed by atoms with Crippen LogP contribution in [-0.4, -0.2) is 36.6 Å². The molecule has 1 aliphatic heterocycles. The Morgan fingerprint density at radius 2 is 1.81 bits per heavy atom. The Kier molecular flexibility index (Phi) is 5.47. The van der Waals surface area contributed by atoms with Crippen LogP contribution in [0.1, 0.15) is 18.2 Å². The van der Waals surface area contributed by atoms with Crippen LogP contribution < -0.4 is 20.1 Å². The molecule has 32 heavy (non-hydrogen) atoms. The lowest BCUT2D eigenvalue weighted by Crippen LogP contribution is -2.50. The fourth-order valence-electron chi connectivity index (χ4n) is 3.57. The Morgan fingerprint density at radius 1 is 1.09 bits per heavy atom. The molecule has 2 aromatic carbocycles. The second kappa shape index (κ2) is 8.12. The molecule has 1 unspecified atom stereocenters. The van der Waals surface area contributed by atoms with E-state index in [1.165, 1.54) is 6.92 Å². The van der Waals surface area contributed by atoms with Gasteiger partial charge in [0, 0.05) is 22.3 Å². The van der Waals surface area contributed by atoms with Crippen LogP contribution in [0.4, 0.5) is 10.5 Å². The van der Waals surface area contributed by atoms with E-state index in [1.807, 2.05) is 42.6 Å². The Hall–Kier alpha value is -3.66. The number of pyridine rings is 1. The predicted molar refractivity (Wildman–Crippen MR) is 120 cm³/mol. The lowest BCUT2D eigenvalue weighted by molar-refractivity contribution is -0.122. The molecule has 1 fully saturated rings. The van der Waals surface area contributed by atoms with Gasteiger partial charge in [-0.1, -0.05) is 18.2 Å². The second-order valence-corrected chi connectivity index (χ2v) is 9.58. The molecule has 3 amide bonds. The zero-order valence-corrected chi connectivity index (χ0v) is 18.3. The lowest BCUT2D eigenvalue weighted by atomic mass is 10.1. The highest BCUT2D eigenvalue weighted by Crippen LogP contribution is 2.23. The summed E-state index contributed by atoms with van der Waals surface area (Å²) in [5, 5.41) is 5.39. The number of para-hydroxylation sites is 1. The van der Waals surface area contributed by atoms with Crippen molar-refractivity contribution < 1.29 is 22.7 Å². The highest BCUT2D eigenvalue weighted by Gasteiger charge is 2.45. The van der Waals surface area contributed by atoms with Gasteiger partial charge in [-0.05, 0) is 50.2 Å². The van der Waals surface area contributed by atoms with Crippen molar-refractivity contribution in [1.82, 2.24) is 15.6 Å². The van der Waals surface area contributed by atoms with Crippen LogP contribution in [0.3, 0.4) is 0 Å². The number of nitrogens with one attached hydrogen (secondary N) is 3. The Morgan fingerprint density at radius 3 is 2.50 bits per heavy atom. The van der Waals surface area contributed by atoms with Crippen molar-refractivity contribution >= 4 is 38.6 Å². The number of urea groups is 1. The van der Waals surface area contributed by atoms with Gasteiger partial charge < -0.3 is 10.1 Å². The number of rotatable bonds is 7. The first kappa shape index (κ1) is 21.6. The number of amides is 3. The van der Waals surface area contributed by atoms with Crippen LogP contribution in [0.25, 0.3) is 10.9 Å². The molecule has 0 radical (unpaired) electrons. The number of carbonyl (C=O) groups excluding carboxylic acids is 2. The molecule has 9 nitrogen and oxygen atoms in total. The summed E-state index contributed by atoms with van der Waals surface area (Å²) in [6, 6.07) is 15.5. The molecule has 2 heterocycles. The number of benzene rings is 2. The third-order valence-electron chi connectivity index (χ3n) is 5.05. The molecular formula is C22H22N4O5S. The molecule has 3 aromatic rings. The normalized spacial score (nSPS) is 18.3. The maximum atomic E-state index is 12.5. The van der Waals surface area contributed by atoms with Gasteiger partial charge in [-0.2, -0.15) is 0 Å². The van der Waals surface area contributed by atoms with Crippen molar-refractivity contribution in [3.63, 3.8) is 0 Å². The van der Waals surface area contributed by atoms with Crippen LogP contribution in [0, 0.1) is 6.92 Å². The molecule has 0 aliphatic carbocycles. The quantitative estimate of drug-likeness (QED) is 0.471. The van der Waals surface area contributed by atoms with Gasteiger partial charge in [0.2, 0.25) is 10.0 Å². The molecule has 10 heteroatoms. The molecule has 1 atom stereocenters. The van der Waals surface area contributed by atoms with Crippen molar-refractivity contribution in [3.05, 3.63) is 65.9 Å². The number of nitrogens with zero attached hydrogens (tertiary/aromatic N) is 1. The maximum Gasteiger partial charge on any atom is 0.322 e. The number of ether oxygens (including phenoxy) is 1. The lowest BCUT2D eigenvalue weighted by Gasteiger charge is -2.20. The molecule has 0 saturated carbocycles. The molecule has 1 aliphatic rings. The Balaban J connectivity index is 1.42. The van der Waals surface area contributed by atoms with Crippen LogP contribution >= 0.6 is 0 Å². The first-order valence-electron chi connectivity index (χ1n) is 9.86. The van der Waals surface area contributed by atoms with E-state index in [1.54, 1.807) is 24.3 Å². The average Bonchev–Trinajstić information content (AvgIpc) is 2.96. The topological polar surface area (TPSA) is 126 Å². The summed E-state index contributed by atoms with van der Waals surface area (Å²) in [6.45, 7) is 3.62. The Bertz CT molecular complexity index is 1310. The van der Waals surface area contributed by atoms with Crippen molar-refractivity contribution in [2.24, 2.45) is 0 Å². The number of aryl methyl sites for hydroxylation is 1. The fourth-order valence-corrected chi connectivity index (χ4v) is 5.10. The van der Waals surface area contributed by atoms with Crippen LogP contribution in [0.5, 0.6) is 5.75 Å². The molecule has 0 spiro atoms. The summed E-state index contributed by atoms with van der Waals surface area (Å²) in [4.78, 5) is 27.7. The van der Waals surface area contributed by atoms with Gasteiger partial charge >= 0.3 is 6.03 Å². The van der Waals surface area contributed by atoms with Crippen LogP contribution in [0.2, 0.25) is 0 Å². The number of anilines is 1. The number of sulfonamides is 1. The minimum Gasteiger partial charge on any atom is -0.489 e. The van der Waals surface area contributed by atoms with Crippen molar-refractivity contribution in [2.45, 2.75) is 26.0 Å². The number of hydrogen-bond donors (Lipinski definition) is 3. The Labute approximate surface area is 185 Å². The number of imide groups is 1. The van der Waals surface area contributed by atoms with E-state index in [-0.39, 0.29) is 0 Å². The third kappa shape index (κ3) is 4.65. The van der Waals surface area contributed by atoms with E-state index in [0.717, 1.165) is 22.2 Å². The summed E-state index contributed by atoms with van der Waals surface area (Å²) in [6.07, 6.45) is 0. The summed E-state index contributed by atoms with van der Waals surface area (Å²) >= 11 is 0. The number of fused-ring (bicyclic) bond motifs is 1. The number of carbonyl (C=O) groups is 2. The van der Waals surface area contributed by atoms with Crippen molar-refractivity contribution in [3.8, 4) is 5.75 Å². The van der Waals surface area contributed by atoms with Gasteiger partial charge in [0.05, 0.1) is 5.52 Å². The van der Waals surface area contributed by atoms with Gasteiger partial charge in [-0.3, -0.25) is 19.8 Å². The monoisotopic (exact) mass is 454 g/mol. The van der Waals surface area contributed by atoms with E-state index >= 15 is 0 Å². The highest BCUT2D eigenvalue weighted by atomic mass is 32.2. The summed E-state index contributed by atoms with van der Waals surface area (Å²) in [5.41, 5.74) is 1.58. The van der Waals surface area contributed by atoms with E-state index < -0.39 is 33.3 Å². The number of hydrogen-bond acceptors (Lipinski definition) is 6. The van der Waals surface area contributed by atoms with Crippen molar-refractivity contribution in [1.29, 1.82) is 0 Å². The summed E-state index contributed by atoms with van der Waals surface area (Å²) in [5.74, 6) is -0.707. The van der Waals surface area contributed by atoms with Crippen LogP contribution in [0.15, 0.2) is 54.6 Å². The zero-order valence-electron chi connectivity index (χ0n) is 17.5. The molecule has 4 rings (SSSR count). The van der Waals surface area contributed by atoms with Gasteiger partial charge in [-0.25, -0.2) is 13.2 Å². The van der Waals surface area contributed by atoms with Gasteiger partial charge in [0.15, 0.2) is 0 Å². The summed E-state index contributed by atoms with van der Waals surface area (Å²) in [7, 11) is -3.90. The highest BCUT2D eigenvalue weighted by molar-refractivity contribution is 7.92. The minimum absolute atomic E-state index is 0.316. The second-order valence-electron chi connectivity index (χ2n) is 7.85. The zero-order chi connectivity index (χ0) is 22.9. The van der Waals surface area contributed by atoms with Gasteiger partial charge in [0.25, 0.3) is 5.91 Å². The smallest absolute Gasteiger partial charge is 0.322 e. The first-order valence-corrected chi connectivity index (χ1v) is 11.5. The molecule has 1 aromatic heterocycles. The minimum atomic E-state index is -3.90.